The summed E-state index contributed by atoms with van der Waals surface area (Å²) in [7, 11) is 0. The number of anilines is 1. The summed E-state index contributed by atoms with van der Waals surface area (Å²) in [5.74, 6) is 0.822. The number of hydrogen-bond donors (Lipinski definition) is 1. The van der Waals surface area contributed by atoms with E-state index in [9.17, 15) is 4.39 Å². The maximum absolute atomic E-state index is 13.4. The van der Waals surface area contributed by atoms with E-state index in [1.54, 1.807) is 6.07 Å². The van der Waals surface area contributed by atoms with Gasteiger partial charge in [-0.2, -0.15) is 0 Å². The number of aryl methyl sites for hydroxylation is 1. The van der Waals surface area contributed by atoms with Gasteiger partial charge in [-0.15, -0.1) is 0 Å². The molecule has 0 spiro atoms. The maximum Gasteiger partial charge on any atom is 0.161 e. The second kappa shape index (κ2) is 5.25. The van der Waals surface area contributed by atoms with Crippen molar-refractivity contribution in [1.82, 2.24) is 9.97 Å². The Kier molecular flexibility index (Phi) is 3.85. The molecule has 0 saturated heterocycles. The lowest BCUT2D eigenvalue weighted by Crippen LogP contribution is -2.06. The Balaban J connectivity index is 2.58. The van der Waals surface area contributed by atoms with Crippen LogP contribution in [0, 0.1) is 12.7 Å². The largest absolute Gasteiger partial charge is 0.383 e. The van der Waals surface area contributed by atoms with Crippen LogP contribution >= 0.6 is 15.9 Å². The second-order valence-corrected chi connectivity index (χ2v) is 5.66. The van der Waals surface area contributed by atoms with Crippen molar-refractivity contribution in [2.45, 2.75) is 26.7 Å². The lowest BCUT2D eigenvalue weighted by atomic mass is 10.0. The van der Waals surface area contributed by atoms with Crippen LogP contribution in [0.3, 0.4) is 0 Å². The van der Waals surface area contributed by atoms with Gasteiger partial charge in [0.1, 0.15) is 11.6 Å². The van der Waals surface area contributed by atoms with Crippen LogP contribution in [0.25, 0.3) is 11.4 Å². The molecule has 100 valence electrons. The first-order chi connectivity index (χ1) is 8.88. The third-order valence-corrected chi connectivity index (χ3v) is 3.32. The van der Waals surface area contributed by atoms with Crippen LogP contribution in [-0.2, 0) is 0 Å². The van der Waals surface area contributed by atoms with Gasteiger partial charge in [-0.25, -0.2) is 14.4 Å². The fourth-order valence-electron chi connectivity index (χ4n) is 2.13. The molecule has 1 aromatic carbocycles. The number of rotatable bonds is 2. The fraction of sp³-hybridized carbons (Fsp3) is 0.286. The van der Waals surface area contributed by atoms with Gasteiger partial charge in [0, 0.05) is 21.3 Å². The number of nitrogens with zero attached hydrogens (tertiary/aromatic N) is 2. The maximum atomic E-state index is 13.4. The van der Waals surface area contributed by atoms with E-state index in [1.165, 1.54) is 12.1 Å². The van der Waals surface area contributed by atoms with E-state index in [1.807, 2.05) is 20.8 Å². The van der Waals surface area contributed by atoms with Crippen LogP contribution in [0.4, 0.5) is 10.2 Å². The summed E-state index contributed by atoms with van der Waals surface area (Å²) in [6, 6.07) is 4.56. The highest BCUT2D eigenvalue weighted by Crippen LogP contribution is 2.27. The minimum absolute atomic E-state index is 0.258. The zero-order chi connectivity index (χ0) is 14.2. The second-order valence-electron chi connectivity index (χ2n) is 4.74. The van der Waals surface area contributed by atoms with Gasteiger partial charge in [0.15, 0.2) is 5.82 Å². The first-order valence-electron chi connectivity index (χ1n) is 5.99. The Labute approximate surface area is 120 Å². The molecule has 0 atom stereocenters. The molecule has 19 heavy (non-hydrogen) atoms. The molecule has 1 aromatic heterocycles. The highest BCUT2D eigenvalue weighted by atomic mass is 79.9. The predicted molar refractivity (Wildman–Crippen MR) is 78.4 cm³/mol. The predicted octanol–water partition coefficient (Wildman–Crippen LogP) is 4.06. The van der Waals surface area contributed by atoms with Crippen LogP contribution in [0.5, 0.6) is 0 Å². The number of aromatic nitrogens is 2. The Hall–Kier alpha value is -1.49. The number of hydrogen-bond acceptors (Lipinski definition) is 3. The van der Waals surface area contributed by atoms with Crippen LogP contribution in [0.15, 0.2) is 22.7 Å². The van der Waals surface area contributed by atoms with E-state index < -0.39 is 0 Å². The number of nitrogens with two attached hydrogens (primary N) is 1. The number of nitrogen functional groups attached to an aromatic ring is 1. The average molecular weight is 324 g/mol. The van der Waals surface area contributed by atoms with Crippen molar-refractivity contribution in [1.29, 1.82) is 0 Å². The molecular formula is C14H15BrFN3. The van der Waals surface area contributed by atoms with Gasteiger partial charge >= 0.3 is 0 Å². The van der Waals surface area contributed by atoms with E-state index in [4.69, 9.17) is 5.73 Å². The lowest BCUT2D eigenvalue weighted by molar-refractivity contribution is 0.627. The fourth-order valence-corrected chi connectivity index (χ4v) is 2.59. The Morgan fingerprint density at radius 1 is 1.21 bits per heavy atom. The number of halogens is 2. The summed E-state index contributed by atoms with van der Waals surface area (Å²) >= 11 is 3.26. The van der Waals surface area contributed by atoms with E-state index in [-0.39, 0.29) is 11.7 Å². The van der Waals surface area contributed by atoms with Gasteiger partial charge in [-0.05, 0) is 31.0 Å². The van der Waals surface area contributed by atoms with Crippen molar-refractivity contribution >= 4 is 21.7 Å². The lowest BCUT2D eigenvalue weighted by Gasteiger charge is -2.13. The molecule has 0 unspecified atom stereocenters. The van der Waals surface area contributed by atoms with Gasteiger partial charge in [0.2, 0.25) is 0 Å². The smallest absolute Gasteiger partial charge is 0.161 e. The Morgan fingerprint density at radius 2 is 1.89 bits per heavy atom. The van der Waals surface area contributed by atoms with Gasteiger partial charge in [-0.3, -0.25) is 0 Å². The summed E-state index contributed by atoms with van der Waals surface area (Å²) in [4.78, 5) is 8.72. The van der Waals surface area contributed by atoms with E-state index in [0.29, 0.717) is 21.7 Å². The first-order valence-corrected chi connectivity index (χ1v) is 6.78. The molecule has 0 aliphatic heterocycles. The zero-order valence-electron chi connectivity index (χ0n) is 11.0. The third kappa shape index (κ3) is 2.92. The topological polar surface area (TPSA) is 51.8 Å². The van der Waals surface area contributed by atoms with Gasteiger partial charge in [0.25, 0.3) is 0 Å². The molecule has 2 rings (SSSR count). The molecule has 0 saturated carbocycles. The summed E-state index contributed by atoms with van der Waals surface area (Å²) < 4.78 is 14.1. The summed E-state index contributed by atoms with van der Waals surface area (Å²) in [5, 5.41) is 0. The molecule has 0 fully saturated rings. The van der Waals surface area contributed by atoms with Crippen molar-refractivity contribution in [3.8, 4) is 11.4 Å². The molecule has 2 aromatic rings. The number of benzene rings is 1. The van der Waals surface area contributed by atoms with Crippen LogP contribution in [0.1, 0.15) is 31.0 Å². The minimum Gasteiger partial charge on any atom is -0.383 e. The van der Waals surface area contributed by atoms with Crippen molar-refractivity contribution in [2.75, 3.05) is 5.73 Å². The highest BCUT2D eigenvalue weighted by Gasteiger charge is 2.14. The first kappa shape index (κ1) is 13.9. The Bertz CT molecular complexity index is 583. The molecule has 5 heteroatoms. The zero-order valence-corrected chi connectivity index (χ0v) is 12.6. The summed E-state index contributed by atoms with van der Waals surface area (Å²) in [6.07, 6.45) is 0. The third-order valence-electron chi connectivity index (χ3n) is 2.86. The summed E-state index contributed by atoms with van der Waals surface area (Å²) in [6.45, 7) is 5.98. The van der Waals surface area contributed by atoms with Gasteiger partial charge < -0.3 is 5.73 Å². The summed E-state index contributed by atoms with van der Waals surface area (Å²) in [5.41, 5.74) is 8.36. The molecule has 3 nitrogen and oxygen atoms in total. The monoisotopic (exact) mass is 323 g/mol. The average Bonchev–Trinajstić information content (AvgIpc) is 2.25. The van der Waals surface area contributed by atoms with Crippen molar-refractivity contribution < 1.29 is 4.39 Å². The van der Waals surface area contributed by atoms with Gasteiger partial charge in [0.05, 0.1) is 0 Å². The molecule has 0 amide bonds. The van der Waals surface area contributed by atoms with E-state index >= 15 is 0 Å². The van der Waals surface area contributed by atoms with Crippen LogP contribution in [-0.4, -0.2) is 9.97 Å². The SMILES string of the molecule is Cc1nc(-c2cc(F)cc(Br)c2)nc(N)c1C(C)C. The quantitative estimate of drug-likeness (QED) is 0.906. The van der Waals surface area contributed by atoms with Crippen molar-refractivity contribution in [3.63, 3.8) is 0 Å². The molecule has 0 aliphatic carbocycles. The van der Waals surface area contributed by atoms with E-state index in [0.717, 1.165) is 11.3 Å². The minimum atomic E-state index is -0.336. The standard InChI is InChI=1S/C14H15BrFN3/c1-7(2)12-8(3)18-14(19-13(12)17)9-4-10(15)6-11(16)5-9/h4-7H,1-3H3,(H2,17,18,19). The molecular weight excluding hydrogens is 309 g/mol. The molecule has 0 radical (unpaired) electrons. The van der Waals surface area contributed by atoms with Crippen LogP contribution in [0.2, 0.25) is 0 Å². The van der Waals surface area contributed by atoms with E-state index in [2.05, 4.69) is 25.9 Å². The van der Waals surface area contributed by atoms with Crippen molar-refractivity contribution in [2.24, 2.45) is 0 Å². The van der Waals surface area contributed by atoms with Crippen molar-refractivity contribution in [3.05, 3.63) is 39.7 Å². The normalized spacial score (nSPS) is 11.1. The Morgan fingerprint density at radius 3 is 2.42 bits per heavy atom. The molecule has 1 heterocycles. The molecule has 2 N–H and O–H groups in total. The highest BCUT2D eigenvalue weighted by molar-refractivity contribution is 9.10. The van der Waals surface area contributed by atoms with Gasteiger partial charge in [-0.1, -0.05) is 29.8 Å². The molecule has 0 bridgehead atoms. The van der Waals surface area contributed by atoms with Crippen LogP contribution < -0.4 is 5.73 Å². The molecule has 0 aliphatic rings.